The Kier molecular flexibility index (Phi) is 3.44. The minimum Gasteiger partial charge on any atom is -0.436 e. The maximum absolute atomic E-state index is 12.6. The summed E-state index contributed by atoms with van der Waals surface area (Å²) < 4.78 is 7.08. The number of amides is 2. The molecule has 0 atom stereocenters. The van der Waals surface area contributed by atoms with E-state index < -0.39 is 17.4 Å². The smallest absolute Gasteiger partial charge is 0.262 e. The third kappa shape index (κ3) is 2.46. The fourth-order valence-electron chi connectivity index (χ4n) is 3.53. The summed E-state index contributed by atoms with van der Waals surface area (Å²) in [6, 6.07) is 13.8. The van der Waals surface area contributed by atoms with Gasteiger partial charge in [0.1, 0.15) is 11.3 Å². The van der Waals surface area contributed by atoms with Crippen molar-refractivity contribution in [3.63, 3.8) is 0 Å². The first-order chi connectivity index (χ1) is 13.9. The van der Waals surface area contributed by atoms with Crippen LogP contribution in [0.25, 0.3) is 28.2 Å². The molecule has 2 aromatic carbocycles. The van der Waals surface area contributed by atoms with Gasteiger partial charge in [0, 0.05) is 17.7 Å². The molecule has 0 aliphatic carbocycles. The van der Waals surface area contributed by atoms with Gasteiger partial charge in [-0.2, -0.15) is 0 Å². The van der Waals surface area contributed by atoms with E-state index in [9.17, 15) is 14.4 Å². The number of hydrogen-bond donors (Lipinski definition) is 2. The summed E-state index contributed by atoms with van der Waals surface area (Å²) in [6.45, 7) is 1.97. The zero-order chi connectivity index (χ0) is 20.3. The molecule has 0 unspecified atom stereocenters. The first-order valence-electron chi connectivity index (χ1n) is 8.82. The second kappa shape index (κ2) is 5.90. The average Bonchev–Trinajstić information content (AvgIpc) is 3.22. The number of aromatic nitrogens is 2. The van der Waals surface area contributed by atoms with E-state index in [-0.39, 0.29) is 16.9 Å². The van der Waals surface area contributed by atoms with E-state index in [2.05, 4.69) is 10.3 Å². The Bertz CT molecular complexity index is 1410. The summed E-state index contributed by atoms with van der Waals surface area (Å²) in [6.07, 6.45) is 0. The van der Waals surface area contributed by atoms with E-state index in [1.165, 1.54) is 4.57 Å². The number of nitrogen functional groups attached to an aromatic ring is 1. The topological polar surface area (TPSA) is 120 Å². The molecule has 8 nitrogen and oxygen atoms in total. The van der Waals surface area contributed by atoms with Gasteiger partial charge in [0.2, 0.25) is 5.89 Å². The van der Waals surface area contributed by atoms with E-state index in [1.807, 2.05) is 31.2 Å². The molecule has 0 spiro atoms. The second-order valence-electron chi connectivity index (χ2n) is 6.76. The van der Waals surface area contributed by atoms with Gasteiger partial charge in [0.15, 0.2) is 5.58 Å². The number of imide groups is 1. The highest BCUT2D eigenvalue weighted by atomic mass is 16.3. The zero-order valence-corrected chi connectivity index (χ0v) is 15.2. The van der Waals surface area contributed by atoms with Crippen molar-refractivity contribution >= 4 is 28.7 Å². The molecule has 0 fully saturated rings. The Labute approximate surface area is 163 Å². The third-order valence-electron chi connectivity index (χ3n) is 4.96. The maximum atomic E-state index is 12.6. The Morgan fingerprint density at radius 3 is 2.59 bits per heavy atom. The number of carbonyl (C=O) groups excluding carboxylic acids is 2. The third-order valence-corrected chi connectivity index (χ3v) is 4.96. The molecule has 29 heavy (non-hydrogen) atoms. The van der Waals surface area contributed by atoms with Crippen LogP contribution in [0.1, 0.15) is 26.3 Å². The molecular formula is C21H14N4O4. The van der Waals surface area contributed by atoms with E-state index in [0.717, 1.165) is 17.2 Å². The number of carbonyl (C=O) groups is 2. The first kappa shape index (κ1) is 16.9. The molecule has 1 aliphatic heterocycles. The van der Waals surface area contributed by atoms with Crippen LogP contribution in [0.5, 0.6) is 0 Å². The van der Waals surface area contributed by atoms with Crippen molar-refractivity contribution in [1.29, 1.82) is 0 Å². The lowest BCUT2D eigenvalue weighted by molar-refractivity contribution is 0.0880. The van der Waals surface area contributed by atoms with E-state index in [0.29, 0.717) is 22.7 Å². The number of nitrogens with zero attached hydrogens (tertiary/aromatic N) is 2. The van der Waals surface area contributed by atoms with Crippen molar-refractivity contribution in [2.45, 2.75) is 6.92 Å². The number of nitrogens with one attached hydrogen (secondary N) is 1. The number of fused-ring (bicyclic) bond motifs is 2. The van der Waals surface area contributed by atoms with Crippen LogP contribution in [-0.4, -0.2) is 21.4 Å². The number of benzene rings is 2. The zero-order valence-electron chi connectivity index (χ0n) is 15.2. The number of anilines is 1. The first-order valence-corrected chi connectivity index (χ1v) is 8.82. The van der Waals surface area contributed by atoms with Crippen LogP contribution >= 0.6 is 0 Å². The molecule has 4 aromatic rings. The van der Waals surface area contributed by atoms with Crippen molar-refractivity contribution in [2.75, 3.05) is 5.73 Å². The molecular weight excluding hydrogens is 372 g/mol. The highest BCUT2D eigenvalue weighted by Crippen LogP contribution is 2.29. The fourth-order valence-corrected chi connectivity index (χ4v) is 3.53. The van der Waals surface area contributed by atoms with E-state index in [4.69, 9.17) is 10.2 Å². The number of aryl methyl sites for hydroxylation is 1. The largest absolute Gasteiger partial charge is 0.436 e. The van der Waals surface area contributed by atoms with Gasteiger partial charge in [-0.05, 0) is 30.7 Å². The predicted molar refractivity (Wildman–Crippen MR) is 106 cm³/mol. The van der Waals surface area contributed by atoms with Gasteiger partial charge in [-0.25, -0.2) is 4.98 Å². The quantitative estimate of drug-likeness (QED) is 0.511. The summed E-state index contributed by atoms with van der Waals surface area (Å²) in [7, 11) is 0. The second-order valence-corrected chi connectivity index (χ2v) is 6.76. The minimum absolute atomic E-state index is 0.00661. The van der Waals surface area contributed by atoms with Crippen LogP contribution in [-0.2, 0) is 0 Å². The molecule has 1 aliphatic rings. The van der Waals surface area contributed by atoms with Crippen LogP contribution in [0.3, 0.4) is 0 Å². The Balaban J connectivity index is 1.69. The molecule has 2 aromatic heterocycles. The highest BCUT2D eigenvalue weighted by Gasteiger charge is 2.31. The van der Waals surface area contributed by atoms with Crippen molar-refractivity contribution < 1.29 is 14.0 Å². The van der Waals surface area contributed by atoms with Crippen LogP contribution in [0.15, 0.2) is 57.7 Å². The van der Waals surface area contributed by atoms with E-state index >= 15 is 0 Å². The normalized spacial score (nSPS) is 13.0. The molecule has 142 valence electrons. The van der Waals surface area contributed by atoms with Gasteiger partial charge in [-0.15, -0.1) is 0 Å². The monoisotopic (exact) mass is 386 g/mol. The lowest BCUT2D eigenvalue weighted by Crippen LogP contribution is -2.24. The molecule has 0 saturated carbocycles. The molecule has 8 heteroatoms. The van der Waals surface area contributed by atoms with Crippen molar-refractivity contribution in [3.8, 4) is 17.1 Å². The summed E-state index contributed by atoms with van der Waals surface area (Å²) >= 11 is 0. The van der Waals surface area contributed by atoms with Gasteiger partial charge in [-0.3, -0.25) is 24.3 Å². The number of rotatable bonds is 2. The Morgan fingerprint density at radius 1 is 1.00 bits per heavy atom. The van der Waals surface area contributed by atoms with E-state index in [1.54, 1.807) is 18.2 Å². The van der Waals surface area contributed by atoms with Gasteiger partial charge in [-0.1, -0.05) is 18.2 Å². The summed E-state index contributed by atoms with van der Waals surface area (Å²) in [5.41, 5.74) is 8.92. The molecule has 0 bridgehead atoms. The minimum atomic E-state index is -0.630. The molecule has 0 saturated heterocycles. The van der Waals surface area contributed by atoms with Gasteiger partial charge in [0.25, 0.3) is 17.4 Å². The standard InChI is InChI=1S/C21H14N4O4/c1-10-4-2-3-5-12(10)21-23-14-7-6-11(8-15(14)29-21)25-16(26)9-13-17(18(25)22)20(28)24-19(13)27/h2-9H,22H2,1H3,(H,24,27,28). The lowest BCUT2D eigenvalue weighted by atomic mass is 10.1. The van der Waals surface area contributed by atoms with Crippen molar-refractivity contribution in [1.82, 2.24) is 14.9 Å². The highest BCUT2D eigenvalue weighted by molar-refractivity contribution is 6.23. The van der Waals surface area contributed by atoms with Crippen LogP contribution in [0.2, 0.25) is 0 Å². The molecule has 0 radical (unpaired) electrons. The average molecular weight is 386 g/mol. The Morgan fingerprint density at radius 2 is 1.79 bits per heavy atom. The van der Waals surface area contributed by atoms with Gasteiger partial charge >= 0.3 is 0 Å². The molecule has 3 N–H and O–H groups in total. The van der Waals surface area contributed by atoms with Crippen LogP contribution in [0, 0.1) is 6.92 Å². The number of nitrogens with two attached hydrogens (primary N) is 1. The summed E-state index contributed by atoms with van der Waals surface area (Å²) in [5.74, 6) is -0.892. The van der Waals surface area contributed by atoms with Crippen molar-refractivity contribution in [3.05, 3.63) is 75.6 Å². The number of hydrogen-bond acceptors (Lipinski definition) is 6. The predicted octanol–water partition coefficient (Wildman–Crippen LogP) is 2.42. The lowest BCUT2D eigenvalue weighted by Gasteiger charge is -2.11. The SMILES string of the molecule is Cc1ccccc1-c1nc2ccc(-n3c(N)c4c(cc3=O)C(=O)NC4=O)cc2o1. The maximum Gasteiger partial charge on any atom is 0.262 e. The van der Waals surface area contributed by atoms with Crippen LogP contribution in [0.4, 0.5) is 5.82 Å². The fraction of sp³-hybridized carbons (Fsp3) is 0.0476. The van der Waals surface area contributed by atoms with Crippen LogP contribution < -0.4 is 16.6 Å². The molecule has 2 amide bonds. The number of oxazole rings is 1. The van der Waals surface area contributed by atoms with Gasteiger partial charge in [0.05, 0.1) is 16.8 Å². The summed E-state index contributed by atoms with van der Waals surface area (Å²) in [4.78, 5) is 41.0. The molecule has 3 heterocycles. The van der Waals surface area contributed by atoms with Gasteiger partial charge < -0.3 is 10.2 Å². The number of pyridine rings is 1. The Hall–Kier alpha value is -4.20. The summed E-state index contributed by atoms with van der Waals surface area (Å²) in [5, 5.41) is 2.15. The molecule has 5 rings (SSSR count). The van der Waals surface area contributed by atoms with Crippen molar-refractivity contribution in [2.24, 2.45) is 0 Å².